The maximum absolute atomic E-state index is 13.1. The molecule has 1 aromatic heterocycles. The van der Waals surface area contributed by atoms with Crippen LogP contribution in [0.25, 0.3) is 10.6 Å². The molecule has 3 aromatic carbocycles. The van der Waals surface area contributed by atoms with Gasteiger partial charge in [-0.2, -0.15) is 13.2 Å². The molecule has 43 heavy (non-hydrogen) atoms. The van der Waals surface area contributed by atoms with Crippen LogP contribution in [0.2, 0.25) is 0 Å². The van der Waals surface area contributed by atoms with Gasteiger partial charge in [-0.1, -0.05) is 12.1 Å². The molecule has 0 bridgehead atoms. The Morgan fingerprint density at radius 1 is 0.930 bits per heavy atom. The van der Waals surface area contributed by atoms with Gasteiger partial charge in [-0.15, -0.1) is 23.1 Å². The number of rotatable bonds is 10. The Bertz CT molecular complexity index is 1500. The lowest BCUT2D eigenvalue weighted by Crippen LogP contribution is -2.46. The quantitative estimate of drug-likeness (QED) is 0.103. The van der Waals surface area contributed by atoms with E-state index < -0.39 is 17.7 Å². The number of methoxy groups -OCH3 is 1. The van der Waals surface area contributed by atoms with Crippen LogP contribution < -0.4 is 14.5 Å². The van der Waals surface area contributed by atoms with Crippen molar-refractivity contribution < 1.29 is 32.5 Å². The molecule has 2 heterocycles. The molecule has 4 aromatic rings. The molecule has 5 rings (SSSR count). The molecule has 0 unspecified atom stereocenters. The molecule has 0 spiro atoms. The average molecular weight is 630 g/mol. The van der Waals surface area contributed by atoms with E-state index in [1.165, 1.54) is 30.4 Å². The van der Waals surface area contributed by atoms with Crippen molar-refractivity contribution in [2.75, 3.05) is 38.2 Å². The maximum Gasteiger partial charge on any atom is 0.416 e. The van der Waals surface area contributed by atoms with E-state index in [0.717, 1.165) is 65.2 Å². The summed E-state index contributed by atoms with van der Waals surface area (Å²) in [5.74, 6) is 1.34. The molecule has 0 atom stereocenters. The summed E-state index contributed by atoms with van der Waals surface area (Å²) >= 11 is 3.12. The molecular formula is C31H30F3N3O4S2. The Morgan fingerprint density at radius 3 is 2.19 bits per heavy atom. The number of carbonyl (C=O) groups excluding carboxylic acids is 1. The maximum atomic E-state index is 13.1. The Labute approximate surface area is 256 Å². The summed E-state index contributed by atoms with van der Waals surface area (Å²) < 4.78 is 44.6. The van der Waals surface area contributed by atoms with Crippen molar-refractivity contribution in [1.82, 2.24) is 9.88 Å². The van der Waals surface area contributed by atoms with E-state index in [-0.39, 0.29) is 0 Å². The van der Waals surface area contributed by atoms with Gasteiger partial charge < -0.3 is 9.64 Å². The molecule has 7 nitrogen and oxygen atoms in total. The molecule has 12 heteroatoms. The monoisotopic (exact) mass is 629 g/mol. The Kier molecular flexibility index (Phi) is 9.79. The molecule has 1 aliphatic heterocycles. The number of benzene rings is 3. The fourth-order valence-electron chi connectivity index (χ4n) is 4.56. The van der Waals surface area contributed by atoms with Crippen LogP contribution >= 0.6 is 23.1 Å². The second-order valence-corrected chi connectivity index (χ2v) is 12.0. The summed E-state index contributed by atoms with van der Waals surface area (Å²) in [7, 11) is 1.65. The number of hydrogen-bond acceptors (Lipinski definition) is 9. The van der Waals surface area contributed by atoms with E-state index in [0.29, 0.717) is 28.6 Å². The predicted molar refractivity (Wildman–Crippen MR) is 161 cm³/mol. The van der Waals surface area contributed by atoms with Gasteiger partial charge in [-0.05, 0) is 60.7 Å². The molecule has 0 amide bonds. The SMILES string of the molecule is COc1ccc(N2CCN(Cc3nc(-c4ccc(C(F)(F)F)cc4)sc3CSc3ccc(OOC(C)=O)cc3)CC2)cc1. The fourth-order valence-corrected chi connectivity index (χ4v) is 6.64. The Balaban J connectivity index is 1.29. The first-order valence-corrected chi connectivity index (χ1v) is 15.3. The summed E-state index contributed by atoms with van der Waals surface area (Å²) in [5.41, 5.74) is 2.06. The van der Waals surface area contributed by atoms with Gasteiger partial charge in [0.1, 0.15) is 10.8 Å². The van der Waals surface area contributed by atoms with Crippen LogP contribution in [0.4, 0.5) is 18.9 Å². The summed E-state index contributed by atoms with van der Waals surface area (Å²) in [4.78, 5) is 32.2. The third-order valence-corrected chi connectivity index (χ3v) is 9.24. The second-order valence-electron chi connectivity index (χ2n) is 9.84. The third-order valence-electron chi connectivity index (χ3n) is 6.87. The highest BCUT2D eigenvalue weighted by molar-refractivity contribution is 7.98. The minimum Gasteiger partial charge on any atom is -0.497 e. The summed E-state index contributed by atoms with van der Waals surface area (Å²) in [6, 6.07) is 20.4. The summed E-state index contributed by atoms with van der Waals surface area (Å²) in [5, 5.41) is 0.696. The zero-order chi connectivity index (χ0) is 30.4. The number of ether oxygens (including phenoxy) is 1. The van der Waals surface area contributed by atoms with Crippen molar-refractivity contribution in [3.63, 3.8) is 0 Å². The van der Waals surface area contributed by atoms with Crippen LogP contribution in [0.5, 0.6) is 11.5 Å². The largest absolute Gasteiger partial charge is 0.497 e. The van der Waals surface area contributed by atoms with Gasteiger partial charge in [-0.25, -0.2) is 9.78 Å². The highest BCUT2D eigenvalue weighted by atomic mass is 32.2. The number of carbonyl (C=O) groups is 1. The Hall–Kier alpha value is -3.74. The fraction of sp³-hybridized carbons (Fsp3) is 0.290. The van der Waals surface area contributed by atoms with E-state index in [1.807, 2.05) is 24.3 Å². The van der Waals surface area contributed by atoms with Gasteiger partial charge in [-0.3, -0.25) is 14.7 Å². The number of nitrogens with zero attached hydrogens (tertiary/aromatic N) is 3. The summed E-state index contributed by atoms with van der Waals surface area (Å²) in [6.07, 6.45) is -4.39. The topological polar surface area (TPSA) is 64.1 Å². The molecular weight excluding hydrogens is 599 g/mol. The van der Waals surface area contributed by atoms with Gasteiger partial charge in [0.25, 0.3) is 0 Å². The highest BCUT2D eigenvalue weighted by Gasteiger charge is 2.30. The van der Waals surface area contributed by atoms with Crippen LogP contribution in [-0.2, 0) is 28.2 Å². The second kappa shape index (κ2) is 13.7. The number of thioether (sulfide) groups is 1. The lowest BCUT2D eigenvalue weighted by Gasteiger charge is -2.36. The molecule has 1 fully saturated rings. The molecule has 0 N–H and O–H groups in total. The zero-order valence-corrected chi connectivity index (χ0v) is 25.2. The normalized spacial score (nSPS) is 14.0. The highest BCUT2D eigenvalue weighted by Crippen LogP contribution is 2.36. The average Bonchev–Trinajstić information content (AvgIpc) is 3.42. The lowest BCUT2D eigenvalue weighted by molar-refractivity contribution is -0.210. The first kappa shape index (κ1) is 30.7. The van der Waals surface area contributed by atoms with Crippen molar-refractivity contribution >= 4 is 34.8 Å². The summed E-state index contributed by atoms with van der Waals surface area (Å²) in [6.45, 7) is 5.36. The van der Waals surface area contributed by atoms with Crippen molar-refractivity contribution in [3.05, 3.63) is 88.9 Å². The lowest BCUT2D eigenvalue weighted by atomic mass is 10.1. The molecule has 226 valence electrons. The van der Waals surface area contributed by atoms with Crippen molar-refractivity contribution in [2.45, 2.75) is 30.3 Å². The minimum atomic E-state index is -4.39. The van der Waals surface area contributed by atoms with Gasteiger partial charge >= 0.3 is 12.1 Å². The van der Waals surface area contributed by atoms with Crippen molar-refractivity contribution in [2.24, 2.45) is 0 Å². The molecule has 0 radical (unpaired) electrons. The molecule has 1 saturated heterocycles. The van der Waals surface area contributed by atoms with Gasteiger partial charge in [0.15, 0.2) is 5.75 Å². The van der Waals surface area contributed by atoms with E-state index in [4.69, 9.17) is 14.6 Å². The Morgan fingerprint density at radius 2 is 1.58 bits per heavy atom. The number of halogens is 3. The molecule has 0 aliphatic carbocycles. The third kappa shape index (κ3) is 8.21. The first-order valence-electron chi connectivity index (χ1n) is 13.5. The van der Waals surface area contributed by atoms with Crippen LogP contribution in [0.3, 0.4) is 0 Å². The van der Waals surface area contributed by atoms with Crippen molar-refractivity contribution in [3.8, 4) is 22.1 Å². The van der Waals surface area contributed by atoms with E-state index in [1.54, 1.807) is 31.0 Å². The number of hydrogen-bond donors (Lipinski definition) is 0. The number of anilines is 1. The van der Waals surface area contributed by atoms with Crippen LogP contribution in [0.15, 0.2) is 77.7 Å². The molecule has 1 aliphatic rings. The van der Waals surface area contributed by atoms with Gasteiger partial charge in [0.05, 0.1) is 18.4 Å². The van der Waals surface area contributed by atoms with E-state index >= 15 is 0 Å². The first-order chi connectivity index (χ1) is 20.7. The standard InChI is InChI=1S/C31H30F3N3O4S2/c1-21(38)40-41-26-11-13-27(14-12-26)42-20-29-28(35-30(43-29)22-3-5-23(6-4-22)31(32,33)34)19-36-15-17-37(18-16-36)24-7-9-25(39-2)10-8-24/h3-14H,15-20H2,1-2H3. The van der Waals surface area contributed by atoms with E-state index in [9.17, 15) is 18.0 Å². The van der Waals surface area contributed by atoms with Crippen LogP contribution in [0, 0.1) is 0 Å². The smallest absolute Gasteiger partial charge is 0.416 e. The number of alkyl halides is 3. The minimum absolute atomic E-state index is 0.413. The van der Waals surface area contributed by atoms with Gasteiger partial charge in [0, 0.05) is 66.4 Å². The predicted octanol–water partition coefficient (Wildman–Crippen LogP) is 7.31. The van der Waals surface area contributed by atoms with Gasteiger partial charge in [0.2, 0.25) is 0 Å². The number of aromatic nitrogens is 1. The zero-order valence-electron chi connectivity index (χ0n) is 23.6. The van der Waals surface area contributed by atoms with Crippen LogP contribution in [0.1, 0.15) is 23.1 Å². The van der Waals surface area contributed by atoms with E-state index in [2.05, 4.69) is 26.8 Å². The molecule has 0 saturated carbocycles. The number of piperazine rings is 1. The van der Waals surface area contributed by atoms with Crippen molar-refractivity contribution in [1.29, 1.82) is 0 Å². The number of thiazole rings is 1. The van der Waals surface area contributed by atoms with Crippen LogP contribution in [-0.4, -0.2) is 49.1 Å².